The third-order valence-corrected chi connectivity index (χ3v) is 5.68. The maximum Gasteiger partial charge on any atom is 0.202 e. The first kappa shape index (κ1) is 18.2. The van der Waals surface area contributed by atoms with Gasteiger partial charge in [0.2, 0.25) is 5.12 Å². The van der Waals surface area contributed by atoms with Crippen molar-refractivity contribution in [2.45, 2.75) is 70.7 Å². The summed E-state index contributed by atoms with van der Waals surface area (Å²) >= 11 is 1.33. The highest BCUT2D eigenvalue weighted by Gasteiger charge is 2.33. The first-order chi connectivity index (χ1) is 10.5. The second kappa shape index (κ2) is 8.67. The summed E-state index contributed by atoms with van der Waals surface area (Å²) < 4.78 is 6.22. The van der Waals surface area contributed by atoms with Gasteiger partial charge in [0, 0.05) is 25.2 Å². The number of likely N-dealkylation sites (tertiary alicyclic amines) is 1. The van der Waals surface area contributed by atoms with Gasteiger partial charge in [-0.3, -0.25) is 9.69 Å². The highest BCUT2D eigenvalue weighted by atomic mass is 32.2. The van der Waals surface area contributed by atoms with Crippen LogP contribution < -0.4 is 5.32 Å². The minimum Gasteiger partial charge on any atom is -0.375 e. The molecule has 2 aliphatic rings. The molecule has 1 saturated carbocycles. The molecule has 1 N–H and O–H groups in total. The Morgan fingerprint density at radius 1 is 1.23 bits per heavy atom. The third-order valence-electron chi connectivity index (χ3n) is 5.09. The lowest BCUT2D eigenvalue weighted by Gasteiger charge is -2.41. The van der Waals surface area contributed by atoms with E-state index in [0.29, 0.717) is 36.8 Å². The van der Waals surface area contributed by atoms with Crippen molar-refractivity contribution in [2.75, 3.05) is 25.9 Å². The average Bonchev–Trinajstić information content (AvgIpc) is 2.46. The zero-order chi connectivity index (χ0) is 16.1. The van der Waals surface area contributed by atoms with Crippen molar-refractivity contribution in [1.29, 1.82) is 0 Å². The van der Waals surface area contributed by atoms with Crippen LogP contribution in [0.5, 0.6) is 0 Å². The van der Waals surface area contributed by atoms with Crippen LogP contribution in [0.25, 0.3) is 0 Å². The van der Waals surface area contributed by atoms with Crippen LogP contribution in [-0.2, 0) is 9.53 Å². The molecule has 4 nitrogen and oxygen atoms in total. The van der Waals surface area contributed by atoms with E-state index in [1.165, 1.54) is 11.8 Å². The lowest BCUT2D eigenvalue weighted by Crippen LogP contribution is -2.51. The molecule has 2 rings (SSSR count). The molecular weight excluding hydrogens is 296 g/mol. The van der Waals surface area contributed by atoms with Crippen molar-refractivity contribution in [3.63, 3.8) is 0 Å². The van der Waals surface area contributed by atoms with Crippen LogP contribution in [0.1, 0.15) is 46.5 Å². The Labute approximate surface area is 139 Å². The monoisotopic (exact) mass is 328 g/mol. The molecule has 0 unspecified atom stereocenters. The summed E-state index contributed by atoms with van der Waals surface area (Å²) in [5.41, 5.74) is 0. The van der Waals surface area contributed by atoms with E-state index < -0.39 is 0 Å². The summed E-state index contributed by atoms with van der Waals surface area (Å²) in [4.78, 5) is 13.7. The van der Waals surface area contributed by atoms with Crippen LogP contribution in [0.2, 0.25) is 0 Å². The second-order valence-electron chi connectivity index (χ2n) is 7.18. The Balaban J connectivity index is 1.57. The maximum absolute atomic E-state index is 11.4. The van der Waals surface area contributed by atoms with E-state index >= 15 is 0 Å². The highest BCUT2D eigenvalue weighted by molar-refractivity contribution is 8.13. The molecule has 0 radical (unpaired) electrons. The molecule has 0 aromatic heterocycles. The fraction of sp³-hybridized carbons (Fsp3) is 0.941. The highest BCUT2D eigenvalue weighted by Crippen LogP contribution is 2.28. The lowest BCUT2D eigenvalue weighted by molar-refractivity contribution is -0.114. The number of nitrogens with zero attached hydrogens (tertiary/aromatic N) is 1. The Morgan fingerprint density at radius 3 is 2.41 bits per heavy atom. The number of ether oxygens (including phenoxy) is 1. The topological polar surface area (TPSA) is 41.6 Å². The second-order valence-corrected chi connectivity index (χ2v) is 8.04. The van der Waals surface area contributed by atoms with Crippen LogP contribution in [-0.4, -0.2) is 60.2 Å². The molecule has 5 heteroatoms. The molecule has 0 aromatic rings. The van der Waals surface area contributed by atoms with Crippen LogP contribution in [0.4, 0.5) is 0 Å². The summed E-state index contributed by atoms with van der Waals surface area (Å²) in [7, 11) is 0. The summed E-state index contributed by atoms with van der Waals surface area (Å²) in [6, 6.07) is 1.23. The molecule has 128 valence electrons. The van der Waals surface area contributed by atoms with Crippen molar-refractivity contribution < 1.29 is 9.53 Å². The standard InChI is InChI=1S/C17H32N2O2S/c1-12(2)13(3)18-14-9-16(10-14)21-15-5-7-19(8-6-15)11-17(20)22-4/h12-16,18H,5-11H2,1-4H3/t13-,14-,16-/m1/s1. The van der Waals surface area contributed by atoms with E-state index in [1.54, 1.807) is 0 Å². The number of thioether (sulfide) groups is 1. The van der Waals surface area contributed by atoms with Gasteiger partial charge in [-0.15, -0.1) is 0 Å². The molecule has 2 fully saturated rings. The first-order valence-corrected chi connectivity index (χ1v) is 9.91. The minimum atomic E-state index is 0.270. The maximum atomic E-state index is 11.4. The number of piperidine rings is 1. The molecule has 0 bridgehead atoms. The number of carbonyl (C=O) groups is 1. The Morgan fingerprint density at radius 2 is 1.86 bits per heavy atom. The van der Waals surface area contributed by atoms with Gasteiger partial charge in [0.25, 0.3) is 0 Å². The van der Waals surface area contributed by atoms with Gasteiger partial charge in [-0.2, -0.15) is 0 Å². The normalized spacial score (nSPS) is 28.6. The number of hydrogen-bond donors (Lipinski definition) is 1. The van der Waals surface area contributed by atoms with Crippen LogP contribution in [0.15, 0.2) is 0 Å². The minimum absolute atomic E-state index is 0.270. The molecule has 1 heterocycles. The van der Waals surface area contributed by atoms with Gasteiger partial charge in [-0.05, 0) is 44.8 Å². The molecule has 1 atom stereocenters. The van der Waals surface area contributed by atoms with Gasteiger partial charge in [0.1, 0.15) is 0 Å². The summed E-state index contributed by atoms with van der Waals surface area (Å²) in [5, 5.41) is 3.96. The quantitative estimate of drug-likeness (QED) is 0.778. The van der Waals surface area contributed by atoms with Gasteiger partial charge in [-0.1, -0.05) is 25.6 Å². The fourth-order valence-corrected chi connectivity index (χ4v) is 3.41. The molecule has 1 saturated heterocycles. The third kappa shape index (κ3) is 5.52. The smallest absolute Gasteiger partial charge is 0.202 e. The Kier molecular flexibility index (Phi) is 7.19. The molecule has 1 aliphatic carbocycles. The van der Waals surface area contributed by atoms with E-state index in [-0.39, 0.29) is 5.12 Å². The molecule has 0 amide bonds. The van der Waals surface area contributed by atoms with E-state index in [9.17, 15) is 4.79 Å². The van der Waals surface area contributed by atoms with E-state index in [0.717, 1.165) is 38.8 Å². The van der Waals surface area contributed by atoms with Crippen molar-refractivity contribution >= 4 is 16.9 Å². The van der Waals surface area contributed by atoms with E-state index in [1.807, 2.05) is 6.26 Å². The van der Waals surface area contributed by atoms with Crippen molar-refractivity contribution in [2.24, 2.45) is 5.92 Å². The molecular formula is C17H32N2O2S. The first-order valence-electron chi connectivity index (χ1n) is 8.68. The number of nitrogens with one attached hydrogen (secondary N) is 1. The lowest BCUT2D eigenvalue weighted by atomic mass is 9.87. The zero-order valence-corrected chi connectivity index (χ0v) is 15.3. The summed E-state index contributed by atoms with van der Waals surface area (Å²) in [5.74, 6) is 0.688. The van der Waals surface area contributed by atoms with Crippen LogP contribution in [0, 0.1) is 5.92 Å². The molecule has 1 aliphatic heterocycles. The Hall–Kier alpha value is -0.100. The van der Waals surface area contributed by atoms with Crippen molar-refractivity contribution in [1.82, 2.24) is 10.2 Å². The van der Waals surface area contributed by atoms with Gasteiger partial charge in [0.05, 0.1) is 18.8 Å². The van der Waals surface area contributed by atoms with Crippen LogP contribution >= 0.6 is 11.8 Å². The molecule has 0 spiro atoms. The fourth-order valence-electron chi connectivity index (χ4n) is 3.10. The largest absolute Gasteiger partial charge is 0.375 e. The molecule has 22 heavy (non-hydrogen) atoms. The van der Waals surface area contributed by atoms with Crippen molar-refractivity contribution in [3.05, 3.63) is 0 Å². The van der Waals surface area contributed by atoms with Gasteiger partial charge in [0.15, 0.2) is 0 Å². The Bertz CT molecular complexity index is 351. The predicted octanol–water partition coefficient (Wildman–Crippen LogP) is 2.52. The van der Waals surface area contributed by atoms with Crippen LogP contribution in [0.3, 0.4) is 0 Å². The SMILES string of the molecule is CSC(=O)CN1CCC(O[C@H]2C[C@H](N[C@H](C)C(C)C)C2)CC1. The summed E-state index contributed by atoms with van der Waals surface area (Å²) in [6.45, 7) is 9.38. The van der Waals surface area contributed by atoms with Gasteiger partial charge in [-0.25, -0.2) is 0 Å². The van der Waals surface area contributed by atoms with E-state index in [2.05, 4.69) is 31.0 Å². The predicted molar refractivity (Wildman–Crippen MR) is 93.3 cm³/mol. The van der Waals surface area contributed by atoms with E-state index in [4.69, 9.17) is 4.74 Å². The zero-order valence-electron chi connectivity index (χ0n) is 14.5. The average molecular weight is 329 g/mol. The van der Waals surface area contributed by atoms with Crippen molar-refractivity contribution in [3.8, 4) is 0 Å². The molecule has 0 aromatic carbocycles. The summed E-state index contributed by atoms with van der Waals surface area (Å²) in [6.07, 6.45) is 7.15. The van der Waals surface area contributed by atoms with Gasteiger partial charge >= 0.3 is 0 Å². The van der Waals surface area contributed by atoms with Gasteiger partial charge < -0.3 is 10.1 Å². The number of hydrogen-bond acceptors (Lipinski definition) is 5. The number of carbonyl (C=O) groups excluding carboxylic acids is 1. The number of rotatable bonds is 7.